The lowest BCUT2D eigenvalue weighted by molar-refractivity contribution is -0.151. The van der Waals surface area contributed by atoms with Gasteiger partial charge in [-0.2, -0.15) is 5.26 Å². The van der Waals surface area contributed by atoms with E-state index in [2.05, 4.69) is 6.07 Å². The number of halogens is 1. The molecule has 0 aliphatic heterocycles. The van der Waals surface area contributed by atoms with Crippen molar-refractivity contribution in [3.05, 3.63) is 34.9 Å². The molecule has 130 valence electrons. The summed E-state index contributed by atoms with van der Waals surface area (Å²) in [6, 6.07) is 8.62. The Hall–Kier alpha value is -2.06. The highest BCUT2D eigenvalue weighted by atomic mass is 35.5. The fraction of sp³-hybridized carbons (Fsp3) is 0.500. The zero-order valence-corrected chi connectivity index (χ0v) is 15.1. The predicted molar refractivity (Wildman–Crippen MR) is 90.4 cm³/mol. The van der Waals surface area contributed by atoms with Gasteiger partial charge in [-0.25, -0.2) is 0 Å². The molecule has 0 amide bonds. The maximum absolute atomic E-state index is 12.1. The van der Waals surface area contributed by atoms with Gasteiger partial charge in [-0.1, -0.05) is 23.7 Å². The lowest BCUT2D eigenvalue weighted by Crippen LogP contribution is -2.33. The summed E-state index contributed by atoms with van der Waals surface area (Å²) in [5.74, 6) is -1.09. The van der Waals surface area contributed by atoms with Crippen molar-refractivity contribution in [2.24, 2.45) is 0 Å². The van der Waals surface area contributed by atoms with E-state index >= 15 is 0 Å². The third-order valence-electron chi connectivity index (χ3n) is 3.24. The summed E-state index contributed by atoms with van der Waals surface area (Å²) in [6.45, 7) is 6.89. The molecule has 1 aromatic carbocycles. The van der Waals surface area contributed by atoms with Crippen LogP contribution in [0.15, 0.2) is 24.3 Å². The van der Waals surface area contributed by atoms with Crippen LogP contribution in [0, 0.1) is 11.3 Å². The fourth-order valence-electron chi connectivity index (χ4n) is 2.28. The van der Waals surface area contributed by atoms with E-state index in [1.807, 2.05) is 0 Å². The van der Waals surface area contributed by atoms with Gasteiger partial charge >= 0.3 is 11.9 Å². The van der Waals surface area contributed by atoms with Crippen LogP contribution in [-0.4, -0.2) is 24.1 Å². The van der Waals surface area contributed by atoms with Crippen LogP contribution in [0.1, 0.15) is 46.1 Å². The van der Waals surface area contributed by atoms with Crippen molar-refractivity contribution in [2.45, 2.75) is 58.2 Å². The van der Waals surface area contributed by atoms with E-state index in [0.717, 1.165) is 0 Å². The van der Waals surface area contributed by atoms with Gasteiger partial charge in [0.2, 0.25) is 0 Å². The summed E-state index contributed by atoms with van der Waals surface area (Å²) >= 11 is 5.89. The highest BCUT2D eigenvalue weighted by Crippen LogP contribution is 2.33. The van der Waals surface area contributed by atoms with Crippen molar-refractivity contribution in [1.82, 2.24) is 0 Å². The predicted octanol–water partition coefficient (Wildman–Crippen LogP) is 3.78. The van der Waals surface area contributed by atoms with E-state index in [-0.39, 0.29) is 25.0 Å². The topological polar surface area (TPSA) is 76.4 Å². The monoisotopic (exact) mass is 351 g/mol. The molecule has 24 heavy (non-hydrogen) atoms. The maximum atomic E-state index is 12.1. The second-order valence-electron chi connectivity index (χ2n) is 6.13. The number of hydrogen-bond donors (Lipinski definition) is 0. The molecular formula is C18H22ClNO4. The quantitative estimate of drug-likeness (QED) is 0.698. The van der Waals surface area contributed by atoms with Gasteiger partial charge < -0.3 is 9.47 Å². The third-order valence-corrected chi connectivity index (χ3v) is 3.49. The molecule has 0 saturated carbocycles. The molecule has 0 aromatic heterocycles. The Morgan fingerprint density at radius 3 is 1.79 bits per heavy atom. The van der Waals surface area contributed by atoms with Gasteiger partial charge in [0, 0.05) is 5.02 Å². The number of rotatable bonds is 7. The van der Waals surface area contributed by atoms with Crippen LogP contribution in [0.5, 0.6) is 0 Å². The normalized spacial score (nSPS) is 11.2. The minimum Gasteiger partial charge on any atom is -0.463 e. The number of benzene rings is 1. The Morgan fingerprint density at radius 1 is 1.04 bits per heavy atom. The summed E-state index contributed by atoms with van der Waals surface area (Å²) in [7, 11) is 0. The smallest absolute Gasteiger partial charge is 0.308 e. The van der Waals surface area contributed by atoms with Gasteiger partial charge in [-0.3, -0.25) is 9.59 Å². The molecule has 0 spiro atoms. The number of hydrogen-bond acceptors (Lipinski definition) is 5. The molecule has 0 unspecified atom stereocenters. The van der Waals surface area contributed by atoms with Crippen LogP contribution in [-0.2, 0) is 24.5 Å². The van der Waals surface area contributed by atoms with E-state index in [0.29, 0.717) is 10.6 Å². The maximum Gasteiger partial charge on any atom is 0.308 e. The zero-order chi connectivity index (χ0) is 18.3. The molecule has 6 heteroatoms. The SMILES string of the molecule is CC(C)OC(=O)CC(C#N)(CC(=O)OC(C)C)c1ccc(Cl)cc1. The average Bonchev–Trinajstić information content (AvgIpc) is 2.45. The second kappa shape index (κ2) is 8.70. The standard InChI is InChI=1S/C18H22ClNO4/c1-12(2)23-16(21)9-18(11-20,10-17(22)24-13(3)4)14-5-7-15(19)8-6-14/h5-8,12-13H,9-10H2,1-4H3. The molecule has 0 heterocycles. The molecule has 0 atom stereocenters. The summed E-state index contributed by atoms with van der Waals surface area (Å²) in [5.41, 5.74) is -0.835. The summed E-state index contributed by atoms with van der Waals surface area (Å²) < 4.78 is 10.3. The molecule has 1 aromatic rings. The molecule has 0 radical (unpaired) electrons. The zero-order valence-electron chi connectivity index (χ0n) is 14.3. The van der Waals surface area contributed by atoms with Crippen molar-refractivity contribution >= 4 is 23.5 Å². The van der Waals surface area contributed by atoms with Gasteiger partial charge in [-0.15, -0.1) is 0 Å². The number of nitriles is 1. The van der Waals surface area contributed by atoms with Gasteiger partial charge in [-0.05, 0) is 45.4 Å². The van der Waals surface area contributed by atoms with Crippen molar-refractivity contribution in [3.8, 4) is 6.07 Å². The van der Waals surface area contributed by atoms with Gasteiger partial charge in [0.1, 0.15) is 5.41 Å². The summed E-state index contributed by atoms with van der Waals surface area (Å²) in [6.07, 6.45) is -1.09. The first kappa shape index (κ1) is 20.0. The largest absolute Gasteiger partial charge is 0.463 e. The van der Waals surface area contributed by atoms with Crippen LogP contribution in [0.3, 0.4) is 0 Å². The Balaban J connectivity index is 3.16. The van der Waals surface area contributed by atoms with Crippen LogP contribution in [0.25, 0.3) is 0 Å². The van der Waals surface area contributed by atoms with E-state index in [1.54, 1.807) is 52.0 Å². The van der Waals surface area contributed by atoms with Crippen molar-refractivity contribution < 1.29 is 19.1 Å². The Kier molecular flexibility index (Phi) is 7.24. The fourth-order valence-corrected chi connectivity index (χ4v) is 2.41. The first-order valence-electron chi connectivity index (χ1n) is 7.75. The molecule has 0 aliphatic rings. The second-order valence-corrected chi connectivity index (χ2v) is 6.57. The van der Waals surface area contributed by atoms with Crippen LogP contribution in [0.2, 0.25) is 5.02 Å². The molecular weight excluding hydrogens is 330 g/mol. The summed E-state index contributed by atoms with van der Waals surface area (Å²) in [4.78, 5) is 24.2. The van der Waals surface area contributed by atoms with Crippen LogP contribution in [0.4, 0.5) is 0 Å². The number of carbonyl (C=O) groups is 2. The highest BCUT2D eigenvalue weighted by Gasteiger charge is 2.39. The van der Waals surface area contributed by atoms with Gasteiger partial charge in [0.05, 0.1) is 31.1 Å². The Bertz CT molecular complexity index is 593. The molecule has 0 aliphatic carbocycles. The van der Waals surface area contributed by atoms with Crippen LogP contribution >= 0.6 is 11.6 Å². The minimum atomic E-state index is -1.36. The highest BCUT2D eigenvalue weighted by molar-refractivity contribution is 6.30. The van der Waals surface area contributed by atoms with Crippen molar-refractivity contribution in [1.29, 1.82) is 5.26 Å². The minimum absolute atomic E-state index is 0.240. The van der Waals surface area contributed by atoms with Gasteiger partial charge in [0.25, 0.3) is 0 Å². The number of ether oxygens (including phenoxy) is 2. The molecule has 1 rings (SSSR count). The van der Waals surface area contributed by atoms with E-state index in [9.17, 15) is 14.9 Å². The molecule has 5 nitrogen and oxygen atoms in total. The van der Waals surface area contributed by atoms with Crippen molar-refractivity contribution in [2.75, 3.05) is 0 Å². The van der Waals surface area contributed by atoms with Gasteiger partial charge in [0.15, 0.2) is 0 Å². The van der Waals surface area contributed by atoms with E-state index in [4.69, 9.17) is 21.1 Å². The first-order chi connectivity index (χ1) is 11.2. The number of carbonyl (C=O) groups excluding carboxylic acids is 2. The lowest BCUT2D eigenvalue weighted by Gasteiger charge is -2.26. The van der Waals surface area contributed by atoms with Crippen LogP contribution < -0.4 is 0 Å². The summed E-state index contributed by atoms with van der Waals surface area (Å²) in [5, 5.41) is 10.3. The molecule has 0 bridgehead atoms. The Morgan fingerprint density at radius 2 is 1.46 bits per heavy atom. The van der Waals surface area contributed by atoms with E-state index in [1.165, 1.54) is 0 Å². The van der Waals surface area contributed by atoms with E-state index < -0.39 is 17.4 Å². The lowest BCUT2D eigenvalue weighted by atomic mass is 9.76. The Labute approximate surface area is 147 Å². The number of nitrogens with zero attached hydrogens (tertiary/aromatic N) is 1. The molecule has 0 N–H and O–H groups in total. The third kappa shape index (κ3) is 5.86. The average molecular weight is 352 g/mol. The molecule has 0 saturated heterocycles. The number of esters is 2. The first-order valence-corrected chi connectivity index (χ1v) is 8.12. The molecule has 0 fully saturated rings. The van der Waals surface area contributed by atoms with Crippen molar-refractivity contribution in [3.63, 3.8) is 0 Å².